The van der Waals surface area contributed by atoms with Gasteiger partial charge in [0.15, 0.2) is 0 Å². The first-order chi connectivity index (χ1) is 14.9. The molecule has 3 atom stereocenters. The fourth-order valence-electron chi connectivity index (χ4n) is 3.18. The summed E-state index contributed by atoms with van der Waals surface area (Å²) in [7, 11) is -1.47. The van der Waals surface area contributed by atoms with Crippen LogP contribution in [0.25, 0.3) is 0 Å². The first-order valence-corrected chi connectivity index (χ1v) is 14.1. The molecule has 2 aliphatic heterocycles. The molecule has 1 fully saturated rings. The Kier molecular flexibility index (Phi) is 6.86. The van der Waals surface area contributed by atoms with Crippen LogP contribution >= 0.6 is 46.2 Å². The van der Waals surface area contributed by atoms with E-state index in [2.05, 4.69) is 10.3 Å². The van der Waals surface area contributed by atoms with E-state index in [1.54, 1.807) is 23.0 Å². The molecule has 0 spiro atoms. The maximum absolute atomic E-state index is 12.7. The van der Waals surface area contributed by atoms with E-state index in [0.717, 1.165) is 9.90 Å². The Balaban J connectivity index is 1.42. The number of carboxylic acid groups (broad SMARTS) is 1. The topological polar surface area (TPSA) is 117 Å². The fourth-order valence-corrected chi connectivity index (χ4v) is 8.48. The molecule has 164 valence electrons. The van der Waals surface area contributed by atoms with Crippen LogP contribution in [0.3, 0.4) is 0 Å². The molecule has 2 aromatic heterocycles. The maximum atomic E-state index is 12.7. The van der Waals surface area contributed by atoms with E-state index in [-0.39, 0.29) is 11.4 Å². The molecule has 8 nitrogen and oxygen atoms in total. The van der Waals surface area contributed by atoms with E-state index < -0.39 is 40.0 Å². The van der Waals surface area contributed by atoms with Crippen LogP contribution in [0.15, 0.2) is 42.7 Å². The van der Waals surface area contributed by atoms with E-state index in [9.17, 15) is 23.7 Å². The summed E-state index contributed by atoms with van der Waals surface area (Å²) in [6.07, 6.45) is 0. The standard InChI is InChI=1S/C18H17N3O5S5/c1-9-18(30-8-19-9)29-6-10-5-28-16-13(15(23)21(16)14(10)17(24)25)20-11(22)7-31(26)12-3-2-4-27-12/h2-4,8,13,16H,5-7H2,1H3,(H,20,22)(H,24,25)/t13?,16-,31?/m1/s1. The number of amides is 2. The van der Waals surface area contributed by atoms with Gasteiger partial charge in [-0.15, -0.1) is 46.2 Å². The number of nitrogens with one attached hydrogen (secondary N) is 1. The average molecular weight is 516 g/mol. The van der Waals surface area contributed by atoms with Gasteiger partial charge in [-0.2, -0.15) is 0 Å². The third kappa shape index (κ3) is 4.60. The number of aromatic nitrogens is 1. The summed E-state index contributed by atoms with van der Waals surface area (Å²) in [5.41, 5.74) is 3.31. The number of thioether (sulfide) groups is 2. The lowest BCUT2D eigenvalue weighted by molar-refractivity contribution is -0.150. The zero-order valence-corrected chi connectivity index (χ0v) is 20.2. The minimum absolute atomic E-state index is 0.00363. The van der Waals surface area contributed by atoms with Crippen molar-refractivity contribution in [3.63, 3.8) is 0 Å². The van der Waals surface area contributed by atoms with Crippen molar-refractivity contribution in [1.29, 1.82) is 0 Å². The zero-order valence-electron chi connectivity index (χ0n) is 16.1. The van der Waals surface area contributed by atoms with E-state index in [4.69, 9.17) is 0 Å². The highest BCUT2D eigenvalue weighted by atomic mass is 32.2. The number of β-lactam (4-membered cyclic amide) rings is 1. The number of nitrogens with zero attached hydrogens (tertiary/aromatic N) is 2. The van der Waals surface area contributed by atoms with Gasteiger partial charge in [0.1, 0.15) is 22.9 Å². The van der Waals surface area contributed by atoms with E-state index in [1.165, 1.54) is 51.1 Å². The number of aliphatic carboxylic acids is 1. The van der Waals surface area contributed by atoms with Crippen LogP contribution in [0.2, 0.25) is 0 Å². The van der Waals surface area contributed by atoms with Gasteiger partial charge in [-0.05, 0) is 23.9 Å². The molecule has 1 saturated heterocycles. The lowest BCUT2D eigenvalue weighted by atomic mass is 10.0. The summed E-state index contributed by atoms with van der Waals surface area (Å²) in [4.78, 5) is 42.4. The highest BCUT2D eigenvalue weighted by Gasteiger charge is 2.54. The molecule has 0 bridgehead atoms. The quantitative estimate of drug-likeness (QED) is 0.406. The van der Waals surface area contributed by atoms with Gasteiger partial charge >= 0.3 is 5.97 Å². The summed E-state index contributed by atoms with van der Waals surface area (Å²) in [5.74, 6) is -1.44. The Morgan fingerprint density at radius 3 is 2.87 bits per heavy atom. The van der Waals surface area contributed by atoms with Crippen LogP contribution in [-0.4, -0.2) is 65.7 Å². The van der Waals surface area contributed by atoms with Gasteiger partial charge < -0.3 is 10.4 Å². The van der Waals surface area contributed by atoms with Crippen LogP contribution < -0.4 is 5.32 Å². The molecule has 2 N–H and O–H groups in total. The van der Waals surface area contributed by atoms with E-state index in [0.29, 0.717) is 21.3 Å². The second-order valence-corrected chi connectivity index (χ2v) is 12.5. The summed E-state index contributed by atoms with van der Waals surface area (Å²) < 4.78 is 13.8. The summed E-state index contributed by atoms with van der Waals surface area (Å²) >= 11 is 5.73. The molecule has 2 aliphatic rings. The molecule has 4 heterocycles. The van der Waals surface area contributed by atoms with Gasteiger partial charge in [-0.25, -0.2) is 9.78 Å². The lowest BCUT2D eigenvalue weighted by Gasteiger charge is -2.49. The molecular weight excluding hydrogens is 499 g/mol. The molecule has 0 saturated carbocycles. The molecule has 0 aromatic carbocycles. The molecule has 0 aliphatic carbocycles. The second kappa shape index (κ2) is 9.45. The number of hydrogen-bond donors (Lipinski definition) is 2. The van der Waals surface area contributed by atoms with E-state index in [1.807, 2.05) is 6.92 Å². The van der Waals surface area contributed by atoms with Crippen molar-refractivity contribution in [3.05, 3.63) is 40.0 Å². The largest absolute Gasteiger partial charge is 0.477 e. The maximum Gasteiger partial charge on any atom is 0.352 e. The summed E-state index contributed by atoms with van der Waals surface area (Å²) in [6, 6.07) is 2.64. The number of fused-ring (bicyclic) bond motifs is 1. The average Bonchev–Trinajstić information content (AvgIpc) is 3.41. The number of carbonyl (C=O) groups excluding carboxylic acids is 2. The van der Waals surface area contributed by atoms with Crippen molar-refractivity contribution >= 4 is 74.8 Å². The smallest absolute Gasteiger partial charge is 0.352 e. The molecule has 31 heavy (non-hydrogen) atoms. The predicted molar refractivity (Wildman–Crippen MR) is 123 cm³/mol. The number of rotatable bonds is 8. The van der Waals surface area contributed by atoms with Gasteiger partial charge in [-0.3, -0.25) is 18.7 Å². The van der Waals surface area contributed by atoms with Crippen molar-refractivity contribution in [2.75, 3.05) is 17.3 Å². The number of hydrogen-bond acceptors (Lipinski definition) is 9. The Labute approximate surface area is 197 Å². The van der Waals surface area contributed by atoms with Crippen molar-refractivity contribution < 1.29 is 23.7 Å². The van der Waals surface area contributed by atoms with Crippen LogP contribution in [0.1, 0.15) is 5.69 Å². The fraction of sp³-hybridized carbons (Fsp3) is 0.333. The lowest BCUT2D eigenvalue weighted by Crippen LogP contribution is -2.70. The second-order valence-electron chi connectivity index (χ2n) is 6.65. The van der Waals surface area contributed by atoms with Crippen LogP contribution in [-0.2, 0) is 25.2 Å². The van der Waals surface area contributed by atoms with Crippen molar-refractivity contribution in [1.82, 2.24) is 15.2 Å². The van der Waals surface area contributed by atoms with Crippen LogP contribution in [0.4, 0.5) is 0 Å². The SMILES string of the molecule is Cc1ncsc1SCC1=C(C(=O)O)N2C(=O)C(NC(=O)CS(=O)c3cccs3)[C@H]2SC1. The van der Waals surface area contributed by atoms with Crippen molar-refractivity contribution in [2.45, 2.75) is 26.8 Å². The summed E-state index contributed by atoms with van der Waals surface area (Å²) in [5, 5.41) is 13.7. The highest BCUT2D eigenvalue weighted by molar-refractivity contribution is 8.02. The van der Waals surface area contributed by atoms with Gasteiger partial charge in [-0.1, -0.05) is 6.07 Å². The van der Waals surface area contributed by atoms with Crippen LogP contribution in [0, 0.1) is 6.92 Å². The van der Waals surface area contributed by atoms with Gasteiger partial charge in [0.2, 0.25) is 5.91 Å². The molecule has 13 heteroatoms. The Bertz CT molecular complexity index is 1080. The van der Waals surface area contributed by atoms with Crippen molar-refractivity contribution in [3.8, 4) is 0 Å². The third-order valence-corrected chi connectivity index (χ3v) is 11.0. The van der Waals surface area contributed by atoms with Gasteiger partial charge in [0.25, 0.3) is 5.91 Å². The Hall–Kier alpha value is -1.67. The normalized spacial score (nSPS) is 21.5. The molecule has 0 radical (unpaired) electrons. The molecule has 4 rings (SSSR count). The minimum atomic E-state index is -1.47. The zero-order chi connectivity index (χ0) is 22.1. The third-order valence-electron chi connectivity index (χ3n) is 4.63. The first-order valence-electron chi connectivity index (χ1n) is 9.01. The van der Waals surface area contributed by atoms with Crippen LogP contribution in [0.5, 0.6) is 0 Å². The van der Waals surface area contributed by atoms with Crippen molar-refractivity contribution in [2.24, 2.45) is 0 Å². The monoisotopic (exact) mass is 515 g/mol. The summed E-state index contributed by atoms with van der Waals surface area (Å²) in [6.45, 7) is 1.90. The molecule has 2 amide bonds. The Morgan fingerprint density at radius 1 is 1.42 bits per heavy atom. The number of thiophene rings is 1. The number of carbonyl (C=O) groups is 3. The molecule has 2 unspecified atom stereocenters. The minimum Gasteiger partial charge on any atom is -0.477 e. The molecular formula is C18H17N3O5S5. The molecule has 2 aromatic rings. The first kappa shape index (κ1) is 22.5. The Morgan fingerprint density at radius 2 is 2.23 bits per heavy atom. The highest BCUT2D eigenvalue weighted by Crippen LogP contribution is 2.42. The van der Waals surface area contributed by atoms with E-state index >= 15 is 0 Å². The number of aryl methyl sites for hydroxylation is 1. The van der Waals surface area contributed by atoms with Gasteiger partial charge in [0, 0.05) is 11.5 Å². The van der Waals surface area contributed by atoms with Gasteiger partial charge in [0.05, 0.1) is 30.4 Å². The number of carboxylic acids is 1. The number of thiazole rings is 1. The predicted octanol–water partition coefficient (Wildman–Crippen LogP) is 2.15.